The Balaban J connectivity index is 0.00000272. The van der Waals surface area contributed by atoms with E-state index < -0.39 is 0 Å². The van der Waals surface area contributed by atoms with Gasteiger partial charge in [-0.15, -0.1) is 0 Å². The van der Waals surface area contributed by atoms with Crippen LogP contribution in [0, 0.1) is 12.7 Å². The van der Waals surface area contributed by atoms with Gasteiger partial charge in [0, 0.05) is 13.5 Å². The molecule has 1 amide bonds. The second kappa shape index (κ2) is 8.49. The van der Waals surface area contributed by atoms with E-state index in [0.717, 1.165) is 34.4 Å². The van der Waals surface area contributed by atoms with E-state index in [1.807, 2.05) is 55.5 Å². The molecule has 1 N–H and O–H groups in total. The Morgan fingerprint density at radius 2 is 1.83 bits per heavy atom. The largest absolute Gasteiger partial charge is 0.345 e. The minimum Gasteiger partial charge on any atom is -0.345 e. The van der Waals surface area contributed by atoms with E-state index in [1.165, 1.54) is 12.1 Å². The number of carbonyl (C=O) groups excluding carboxylic acids is 1. The Kier molecular flexibility index (Phi) is 5.61. The molecule has 1 atom stereocenters. The van der Waals surface area contributed by atoms with Crippen LogP contribution >= 0.6 is 0 Å². The highest BCUT2D eigenvalue weighted by atomic mass is 19.1. The number of nitrogens with one attached hydrogen (secondary N) is 1. The van der Waals surface area contributed by atoms with Gasteiger partial charge in [0.1, 0.15) is 11.6 Å². The topological polar surface area (TPSA) is 46.9 Å². The quantitative estimate of drug-likeness (QED) is 0.452. The molecular weight excluding hydrogens is 377 g/mol. The Bertz CT molecular complexity index is 1170. The predicted molar refractivity (Wildman–Crippen MR) is 119 cm³/mol. The number of nitrogens with zero attached hydrogens (tertiary/aromatic N) is 2. The van der Waals surface area contributed by atoms with Crippen LogP contribution < -0.4 is 5.32 Å². The molecule has 1 aromatic heterocycles. The lowest BCUT2D eigenvalue weighted by Crippen LogP contribution is -2.28. The standard InChI is InChI=1S/C25H24FN3O.H2/c1-3-22(19-7-5-4-6-8-19)28-25(30)20-11-14-24-23(15-20)27-17(2)29(24)16-18-9-12-21(26)13-10-18;/h4-15,22H,3,16H2,1-2H3,(H,28,30);1H/t22-;/m1./s1. The minimum absolute atomic E-state index is 0. The zero-order chi connectivity index (χ0) is 21.1. The molecule has 4 nitrogen and oxygen atoms in total. The molecule has 30 heavy (non-hydrogen) atoms. The van der Waals surface area contributed by atoms with Crippen molar-refractivity contribution in [2.45, 2.75) is 32.9 Å². The second-order valence-electron chi connectivity index (χ2n) is 7.42. The van der Waals surface area contributed by atoms with E-state index in [4.69, 9.17) is 0 Å². The molecule has 0 aliphatic heterocycles. The molecule has 3 aromatic carbocycles. The van der Waals surface area contributed by atoms with Crippen molar-refractivity contribution in [1.29, 1.82) is 0 Å². The average molecular weight is 404 g/mol. The first-order valence-corrected chi connectivity index (χ1v) is 10.1. The lowest BCUT2D eigenvalue weighted by Gasteiger charge is -2.17. The first-order valence-electron chi connectivity index (χ1n) is 10.1. The molecule has 0 aliphatic rings. The Morgan fingerprint density at radius 1 is 1.10 bits per heavy atom. The number of hydrogen-bond acceptors (Lipinski definition) is 2. The second-order valence-corrected chi connectivity index (χ2v) is 7.42. The monoisotopic (exact) mass is 403 g/mol. The van der Waals surface area contributed by atoms with Crippen LogP contribution in [0.25, 0.3) is 11.0 Å². The molecule has 0 saturated carbocycles. The third-order valence-corrected chi connectivity index (χ3v) is 5.37. The summed E-state index contributed by atoms with van der Waals surface area (Å²) < 4.78 is 15.3. The zero-order valence-electron chi connectivity index (χ0n) is 17.1. The van der Waals surface area contributed by atoms with E-state index in [0.29, 0.717) is 12.1 Å². The van der Waals surface area contributed by atoms with Crippen molar-refractivity contribution in [2.24, 2.45) is 0 Å². The number of aromatic nitrogens is 2. The highest BCUT2D eigenvalue weighted by Gasteiger charge is 2.16. The summed E-state index contributed by atoms with van der Waals surface area (Å²) in [5, 5.41) is 3.12. The van der Waals surface area contributed by atoms with Gasteiger partial charge in [0.2, 0.25) is 0 Å². The van der Waals surface area contributed by atoms with Gasteiger partial charge in [-0.1, -0.05) is 49.4 Å². The number of aryl methyl sites for hydroxylation is 1. The van der Waals surface area contributed by atoms with E-state index in [-0.39, 0.29) is 19.2 Å². The number of amides is 1. The molecule has 0 radical (unpaired) electrons. The number of hydrogen-bond donors (Lipinski definition) is 1. The lowest BCUT2D eigenvalue weighted by molar-refractivity contribution is 0.0935. The molecule has 0 unspecified atom stereocenters. The van der Waals surface area contributed by atoms with Gasteiger partial charge in [0.25, 0.3) is 5.91 Å². The van der Waals surface area contributed by atoms with Crippen molar-refractivity contribution >= 4 is 16.9 Å². The predicted octanol–water partition coefficient (Wildman–Crippen LogP) is 5.66. The lowest BCUT2D eigenvalue weighted by atomic mass is 10.0. The summed E-state index contributed by atoms with van der Waals surface area (Å²) in [5.41, 5.74) is 4.39. The van der Waals surface area contributed by atoms with E-state index in [9.17, 15) is 9.18 Å². The molecule has 0 saturated heterocycles. The fourth-order valence-electron chi connectivity index (χ4n) is 3.71. The first-order chi connectivity index (χ1) is 14.5. The number of carbonyl (C=O) groups is 1. The van der Waals surface area contributed by atoms with Crippen LogP contribution in [0.5, 0.6) is 0 Å². The van der Waals surface area contributed by atoms with Crippen molar-refractivity contribution in [3.05, 3.63) is 101 Å². The fraction of sp³-hybridized carbons (Fsp3) is 0.200. The zero-order valence-corrected chi connectivity index (χ0v) is 17.1. The number of benzene rings is 3. The first kappa shape index (κ1) is 19.8. The van der Waals surface area contributed by atoms with E-state index in [2.05, 4.69) is 21.8 Å². The van der Waals surface area contributed by atoms with Gasteiger partial charge in [0.05, 0.1) is 17.1 Å². The molecule has 154 valence electrons. The van der Waals surface area contributed by atoms with Gasteiger partial charge >= 0.3 is 0 Å². The summed E-state index contributed by atoms with van der Waals surface area (Å²) in [6, 6.07) is 22.0. The van der Waals surface area contributed by atoms with Crippen LogP contribution in [0.15, 0.2) is 72.8 Å². The summed E-state index contributed by atoms with van der Waals surface area (Å²) in [6.07, 6.45) is 0.809. The van der Waals surface area contributed by atoms with Crippen molar-refractivity contribution in [3.8, 4) is 0 Å². The summed E-state index contributed by atoms with van der Waals surface area (Å²) in [5.74, 6) is 0.489. The maximum Gasteiger partial charge on any atom is 0.251 e. The molecule has 4 aromatic rings. The normalized spacial score (nSPS) is 12.1. The van der Waals surface area contributed by atoms with Crippen molar-refractivity contribution < 1.29 is 10.6 Å². The smallest absolute Gasteiger partial charge is 0.251 e. The maximum absolute atomic E-state index is 13.2. The van der Waals surface area contributed by atoms with Crippen LogP contribution in [-0.4, -0.2) is 15.5 Å². The highest BCUT2D eigenvalue weighted by Crippen LogP contribution is 2.21. The average Bonchev–Trinajstić information content (AvgIpc) is 3.08. The number of halogens is 1. The van der Waals surface area contributed by atoms with Gasteiger partial charge in [0.15, 0.2) is 0 Å². The number of fused-ring (bicyclic) bond motifs is 1. The molecule has 4 rings (SSSR count). The Labute approximate surface area is 176 Å². The Morgan fingerprint density at radius 3 is 2.53 bits per heavy atom. The van der Waals surface area contributed by atoms with Crippen LogP contribution in [0.4, 0.5) is 4.39 Å². The van der Waals surface area contributed by atoms with Crippen LogP contribution in [0.2, 0.25) is 0 Å². The van der Waals surface area contributed by atoms with E-state index >= 15 is 0 Å². The van der Waals surface area contributed by atoms with Crippen LogP contribution in [-0.2, 0) is 6.54 Å². The SMILES string of the molecule is CC[C@@H](NC(=O)c1ccc2c(c1)nc(C)n2Cc1ccc(F)cc1)c1ccccc1.[HH]. The molecular formula is C25H26FN3O. The molecule has 0 spiro atoms. The molecule has 1 heterocycles. The van der Waals surface area contributed by atoms with Gasteiger partial charge in [-0.25, -0.2) is 9.37 Å². The molecule has 0 fully saturated rings. The van der Waals surface area contributed by atoms with Crippen molar-refractivity contribution in [3.63, 3.8) is 0 Å². The summed E-state index contributed by atoms with van der Waals surface area (Å²) in [6.45, 7) is 4.59. The van der Waals surface area contributed by atoms with Crippen LogP contribution in [0.3, 0.4) is 0 Å². The summed E-state index contributed by atoms with van der Waals surface area (Å²) in [7, 11) is 0. The van der Waals surface area contributed by atoms with Gasteiger partial charge in [-0.2, -0.15) is 0 Å². The van der Waals surface area contributed by atoms with Crippen molar-refractivity contribution in [2.75, 3.05) is 0 Å². The molecule has 5 heteroatoms. The fourth-order valence-corrected chi connectivity index (χ4v) is 3.71. The summed E-state index contributed by atoms with van der Waals surface area (Å²) in [4.78, 5) is 17.5. The third-order valence-electron chi connectivity index (χ3n) is 5.37. The van der Waals surface area contributed by atoms with Gasteiger partial charge in [-0.3, -0.25) is 4.79 Å². The summed E-state index contributed by atoms with van der Waals surface area (Å²) >= 11 is 0. The van der Waals surface area contributed by atoms with Crippen LogP contribution in [0.1, 0.15) is 48.1 Å². The van der Waals surface area contributed by atoms with Gasteiger partial charge < -0.3 is 9.88 Å². The molecule has 0 aliphatic carbocycles. The third kappa shape index (κ3) is 4.10. The maximum atomic E-state index is 13.2. The minimum atomic E-state index is -0.248. The molecule has 0 bridgehead atoms. The number of imidazole rings is 1. The van der Waals surface area contributed by atoms with E-state index in [1.54, 1.807) is 12.1 Å². The number of rotatable bonds is 6. The van der Waals surface area contributed by atoms with Gasteiger partial charge in [-0.05, 0) is 54.8 Å². The Hall–Kier alpha value is -3.47. The highest BCUT2D eigenvalue weighted by molar-refractivity contribution is 5.97. The van der Waals surface area contributed by atoms with Crippen molar-refractivity contribution in [1.82, 2.24) is 14.9 Å².